The number of hydrogen-bond acceptors (Lipinski definition) is 4. The average molecular weight is 437 g/mol. The molecule has 5 aromatic rings. The third-order valence-corrected chi connectivity index (χ3v) is 5.57. The molecule has 6 nitrogen and oxygen atoms in total. The van der Waals surface area contributed by atoms with Gasteiger partial charge in [-0.25, -0.2) is 9.36 Å². The lowest BCUT2D eigenvalue weighted by molar-refractivity contribution is 0.367. The maximum absolute atomic E-state index is 5.71. The standard InChI is InChI=1S/C27H24N4O2/c1-32-22-13-14-26(33-2)23(19-22)27(30-17-15-24(28-30)20-9-5-3-6-10-20)31-18-16-25(29-31)21-11-7-4-8-12-21/h3-19,27H,1-2H3. The first-order chi connectivity index (χ1) is 16.3. The lowest BCUT2D eigenvalue weighted by Crippen LogP contribution is -2.21. The minimum absolute atomic E-state index is 0.370. The summed E-state index contributed by atoms with van der Waals surface area (Å²) < 4.78 is 15.0. The van der Waals surface area contributed by atoms with E-state index in [0.29, 0.717) is 0 Å². The van der Waals surface area contributed by atoms with Crippen molar-refractivity contribution in [2.24, 2.45) is 0 Å². The van der Waals surface area contributed by atoms with E-state index in [1.165, 1.54) is 0 Å². The smallest absolute Gasteiger partial charge is 0.172 e. The highest BCUT2D eigenvalue weighted by Crippen LogP contribution is 2.33. The summed E-state index contributed by atoms with van der Waals surface area (Å²) in [5, 5.41) is 9.81. The highest BCUT2D eigenvalue weighted by Gasteiger charge is 2.23. The molecule has 6 heteroatoms. The summed E-state index contributed by atoms with van der Waals surface area (Å²) in [5.41, 5.74) is 4.77. The fourth-order valence-corrected chi connectivity index (χ4v) is 3.92. The molecular weight excluding hydrogens is 412 g/mol. The SMILES string of the molecule is COc1ccc(OC)c(C(n2ccc(-c3ccccc3)n2)n2ccc(-c3ccccc3)n2)c1. The summed E-state index contributed by atoms with van der Waals surface area (Å²) in [4.78, 5) is 0. The van der Waals surface area contributed by atoms with Crippen LogP contribution in [-0.4, -0.2) is 33.8 Å². The molecule has 0 aliphatic rings. The lowest BCUT2D eigenvalue weighted by Gasteiger charge is -2.22. The molecule has 0 fully saturated rings. The fraction of sp³-hybridized carbons (Fsp3) is 0.111. The number of nitrogens with zero attached hydrogens (tertiary/aromatic N) is 4. The van der Waals surface area contributed by atoms with E-state index in [0.717, 1.165) is 39.6 Å². The summed E-state index contributed by atoms with van der Waals surface area (Å²) in [6.45, 7) is 0. The van der Waals surface area contributed by atoms with E-state index in [-0.39, 0.29) is 6.17 Å². The predicted molar refractivity (Wildman–Crippen MR) is 128 cm³/mol. The Morgan fingerprint density at radius 2 is 1.18 bits per heavy atom. The van der Waals surface area contributed by atoms with Crippen molar-refractivity contribution in [3.63, 3.8) is 0 Å². The number of hydrogen-bond donors (Lipinski definition) is 0. The fourth-order valence-electron chi connectivity index (χ4n) is 3.92. The summed E-state index contributed by atoms with van der Waals surface area (Å²) in [6, 6.07) is 30.0. The molecule has 2 aromatic heterocycles. The van der Waals surface area contributed by atoms with Crippen LogP contribution in [0, 0.1) is 0 Å². The number of rotatable bonds is 7. The van der Waals surface area contributed by atoms with Crippen molar-refractivity contribution in [3.8, 4) is 34.0 Å². The first-order valence-corrected chi connectivity index (χ1v) is 10.7. The van der Waals surface area contributed by atoms with E-state index >= 15 is 0 Å². The monoisotopic (exact) mass is 436 g/mol. The van der Waals surface area contributed by atoms with Gasteiger partial charge in [0.25, 0.3) is 0 Å². The summed E-state index contributed by atoms with van der Waals surface area (Å²) in [5.74, 6) is 1.47. The molecule has 0 spiro atoms. The Kier molecular flexibility index (Phi) is 5.64. The van der Waals surface area contributed by atoms with Crippen molar-refractivity contribution >= 4 is 0 Å². The zero-order chi connectivity index (χ0) is 22.6. The van der Waals surface area contributed by atoms with Crippen molar-refractivity contribution in [1.82, 2.24) is 19.6 Å². The van der Waals surface area contributed by atoms with Gasteiger partial charge in [-0.1, -0.05) is 60.7 Å². The quantitative estimate of drug-likeness (QED) is 0.337. The van der Waals surface area contributed by atoms with Crippen LogP contribution >= 0.6 is 0 Å². The molecule has 0 N–H and O–H groups in total. The second-order valence-corrected chi connectivity index (χ2v) is 7.58. The van der Waals surface area contributed by atoms with Crippen LogP contribution in [0.25, 0.3) is 22.5 Å². The van der Waals surface area contributed by atoms with Crippen LogP contribution in [0.1, 0.15) is 11.7 Å². The Labute approximate surface area is 192 Å². The van der Waals surface area contributed by atoms with Gasteiger partial charge in [0, 0.05) is 29.1 Å². The van der Waals surface area contributed by atoms with Gasteiger partial charge in [0.2, 0.25) is 0 Å². The van der Waals surface area contributed by atoms with Gasteiger partial charge in [-0.15, -0.1) is 0 Å². The first-order valence-electron chi connectivity index (χ1n) is 10.7. The van der Waals surface area contributed by atoms with E-state index in [9.17, 15) is 0 Å². The average Bonchev–Trinajstić information content (AvgIpc) is 3.56. The number of aromatic nitrogens is 4. The Balaban J connectivity index is 1.64. The maximum atomic E-state index is 5.71. The normalized spacial score (nSPS) is 11.0. The minimum atomic E-state index is -0.370. The van der Waals surface area contributed by atoms with E-state index in [1.807, 2.05) is 88.5 Å². The van der Waals surface area contributed by atoms with E-state index in [2.05, 4.69) is 24.3 Å². The first kappa shape index (κ1) is 20.6. The Bertz CT molecular complexity index is 1270. The Morgan fingerprint density at radius 1 is 0.636 bits per heavy atom. The number of benzene rings is 3. The van der Waals surface area contributed by atoms with Crippen LogP contribution < -0.4 is 9.47 Å². The van der Waals surface area contributed by atoms with Crippen LogP contribution in [0.4, 0.5) is 0 Å². The molecule has 0 aliphatic carbocycles. The highest BCUT2D eigenvalue weighted by atomic mass is 16.5. The molecule has 2 heterocycles. The van der Waals surface area contributed by atoms with Crippen LogP contribution in [0.3, 0.4) is 0 Å². The van der Waals surface area contributed by atoms with Gasteiger partial charge in [-0.2, -0.15) is 10.2 Å². The molecule has 33 heavy (non-hydrogen) atoms. The van der Waals surface area contributed by atoms with Gasteiger partial charge < -0.3 is 9.47 Å². The molecule has 0 saturated heterocycles. The molecular formula is C27H24N4O2. The van der Waals surface area contributed by atoms with Gasteiger partial charge in [0.15, 0.2) is 6.17 Å². The molecule has 0 radical (unpaired) electrons. The second kappa shape index (κ2) is 9.04. The minimum Gasteiger partial charge on any atom is -0.497 e. The number of ether oxygens (including phenoxy) is 2. The predicted octanol–water partition coefficient (Wildman–Crippen LogP) is 5.53. The van der Waals surface area contributed by atoms with E-state index in [4.69, 9.17) is 19.7 Å². The largest absolute Gasteiger partial charge is 0.497 e. The molecule has 0 atom stereocenters. The second-order valence-electron chi connectivity index (χ2n) is 7.58. The van der Waals surface area contributed by atoms with Crippen molar-refractivity contribution in [2.45, 2.75) is 6.17 Å². The van der Waals surface area contributed by atoms with Gasteiger partial charge >= 0.3 is 0 Å². The van der Waals surface area contributed by atoms with Crippen molar-refractivity contribution in [2.75, 3.05) is 14.2 Å². The van der Waals surface area contributed by atoms with Gasteiger partial charge in [-0.3, -0.25) is 0 Å². The Hall–Kier alpha value is -4.32. The van der Waals surface area contributed by atoms with Gasteiger partial charge in [0.1, 0.15) is 11.5 Å². The van der Waals surface area contributed by atoms with E-state index < -0.39 is 0 Å². The molecule has 3 aromatic carbocycles. The molecule has 0 saturated carbocycles. The molecule has 0 amide bonds. The van der Waals surface area contributed by atoms with Gasteiger partial charge in [-0.05, 0) is 30.3 Å². The highest BCUT2D eigenvalue weighted by molar-refractivity contribution is 5.59. The van der Waals surface area contributed by atoms with Crippen LogP contribution in [0.2, 0.25) is 0 Å². The summed E-state index contributed by atoms with van der Waals surface area (Å²) in [7, 11) is 3.32. The summed E-state index contributed by atoms with van der Waals surface area (Å²) >= 11 is 0. The molecule has 0 aliphatic heterocycles. The van der Waals surface area contributed by atoms with Crippen LogP contribution in [-0.2, 0) is 0 Å². The van der Waals surface area contributed by atoms with Crippen molar-refractivity contribution in [1.29, 1.82) is 0 Å². The van der Waals surface area contributed by atoms with Crippen LogP contribution in [0.5, 0.6) is 11.5 Å². The molecule has 0 bridgehead atoms. The third kappa shape index (κ3) is 4.11. The zero-order valence-corrected chi connectivity index (χ0v) is 18.5. The topological polar surface area (TPSA) is 54.1 Å². The Morgan fingerprint density at radius 3 is 1.67 bits per heavy atom. The molecule has 5 rings (SSSR count). The van der Waals surface area contributed by atoms with Crippen molar-refractivity contribution in [3.05, 3.63) is 109 Å². The number of methoxy groups -OCH3 is 2. The van der Waals surface area contributed by atoms with E-state index in [1.54, 1.807) is 14.2 Å². The third-order valence-electron chi connectivity index (χ3n) is 5.57. The molecule has 0 unspecified atom stereocenters. The van der Waals surface area contributed by atoms with Crippen molar-refractivity contribution < 1.29 is 9.47 Å². The lowest BCUT2D eigenvalue weighted by atomic mass is 10.1. The molecule has 164 valence electrons. The maximum Gasteiger partial charge on any atom is 0.172 e. The van der Waals surface area contributed by atoms with Gasteiger partial charge in [0.05, 0.1) is 25.6 Å². The zero-order valence-electron chi connectivity index (χ0n) is 18.5. The van der Waals surface area contributed by atoms with Crippen LogP contribution in [0.15, 0.2) is 103 Å². The summed E-state index contributed by atoms with van der Waals surface area (Å²) in [6.07, 6.45) is 3.57.